The molecule has 1 aliphatic heterocycles. The maximum atomic E-state index is 12.7. The lowest BCUT2D eigenvalue weighted by molar-refractivity contribution is 0.405. The Balaban J connectivity index is 2.49. The fourth-order valence-corrected chi connectivity index (χ4v) is 5.49. The predicted molar refractivity (Wildman–Crippen MR) is 83.2 cm³/mol. The van der Waals surface area contributed by atoms with Gasteiger partial charge in [0.25, 0.3) is 0 Å². The van der Waals surface area contributed by atoms with Crippen molar-refractivity contribution < 1.29 is 8.42 Å². The van der Waals surface area contributed by atoms with Crippen LogP contribution in [0.1, 0.15) is 25.8 Å². The summed E-state index contributed by atoms with van der Waals surface area (Å²) in [7, 11) is -3.62. The van der Waals surface area contributed by atoms with Gasteiger partial charge in [-0.1, -0.05) is 30.1 Å². The molecule has 0 bridgehead atoms. The molecule has 1 heterocycles. The third kappa shape index (κ3) is 2.95. The van der Waals surface area contributed by atoms with Crippen LogP contribution in [0.2, 0.25) is 10.0 Å². The number of nitrogens with zero attached hydrogens (tertiary/aromatic N) is 1. The molecular weight excluding hydrogens is 341 g/mol. The van der Waals surface area contributed by atoms with Gasteiger partial charge in [0.1, 0.15) is 4.90 Å². The fourth-order valence-electron chi connectivity index (χ4n) is 2.59. The average molecular weight is 357 g/mol. The highest BCUT2D eigenvalue weighted by molar-refractivity contribution is 7.89. The predicted octanol–water partition coefficient (Wildman–Crippen LogP) is 4.15. The van der Waals surface area contributed by atoms with E-state index < -0.39 is 10.0 Å². The Morgan fingerprint density at radius 3 is 2.40 bits per heavy atom. The summed E-state index contributed by atoms with van der Waals surface area (Å²) >= 11 is 17.8. The van der Waals surface area contributed by atoms with Crippen molar-refractivity contribution >= 4 is 44.8 Å². The first kappa shape index (κ1) is 16.4. The lowest BCUT2D eigenvalue weighted by atomic mass is 10.1. The molecule has 0 amide bonds. The van der Waals surface area contributed by atoms with Crippen LogP contribution in [0, 0.1) is 5.92 Å². The number of sulfonamides is 1. The largest absolute Gasteiger partial charge is 0.244 e. The van der Waals surface area contributed by atoms with Crippen molar-refractivity contribution in [2.24, 2.45) is 5.92 Å². The summed E-state index contributed by atoms with van der Waals surface area (Å²) in [6.45, 7) is 4.46. The zero-order valence-corrected chi connectivity index (χ0v) is 14.3. The second-order valence-electron chi connectivity index (χ2n) is 5.27. The van der Waals surface area contributed by atoms with Crippen LogP contribution in [-0.4, -0.2) is 25.3 Å². The molecular formula is C13H16Cl3NO2S. The summed E-state index contributed by atoms with van der Waals surface area (Å²) in [6, 6.07) is 2.89. The van der Waals surface area contributed by atoms with E-state index in [1.54, 1.807) is 0 Å². The number of rotatable bonds is 3. The van der Waals surface area contributed by atoms with Crippen LogP contribution in [0.15, 0.2) is 17.0 Å². The van der Waals surface area contributed by atoms with E-state index in [9.17, 15) is 8.42 Å². The Morgan fingerprint density at radius 2 is 1.90 bits per heavy atom. The topological polar surface area (TPSA) is 37.4 Å². The second kappa shape index (κ2) is 6.01. The minimum Gasteiger partial charge on any atom is -0.207 e. The Morgan fingerprint density at radius 1 is 1.25 bits per heavy atom. The van der Waals surface area contributed by atoms with Crippen LogP contribution in [0.4, 0.5) is 0 Å². The molecule has 1 saturated heterocycles. The van der Waals surface area contributed by atoms with Crippen LogP contribution in [0.25, 0.3) is 0 Å². The second-order valence-corrected chi connectivity index (χ2v) is 8.21. The molecule has 112 valence electrons. The summed E-state index contributed by atoms with van der Waals surface area (Å²) in [4.78, 5) is 0.0835. The van der Waals surface area contributed by atoms with Crippen molar-refractivity contribution in [2.45, 2.75) is 37.1 Å². The lowest BCUT2D eigenvalue weighted by Crippen LogP contribution is -2.34. The van der Waals surface area contributed by atoms with E-state index >= 15 is 0 Å². The Kier molecular flexibility index (Phi) is 4.92. The number of hydrogen-bond acceptors (Lipinski definition) is 2. The quantitative estimate of drug-likeness (QED) is 0.763. The highest BCUT2D eigenvalue weighted by atomic mass is 35.5. The smallest absolute Gasteiger partial charge is 0.207 e. The Bertz CT molecular complexity index is 618. The summed E-state index contributed by atoms with van der Waals surface area (Å²) in [5, 5.41) is 0.516. The van der Waals surface area contributed by atoms with E-state index in [4.69, 9.17) is 34.8 Å². The summed E-state index contributed by atoms with van der Waals surface area (Å²) in [5.41, 5.74) is 0.566. The summed E-state index contributed by atoms with van der Waals surface area (Å²) in [6.07, 6.45) is 0.854. The zero-order valence-electron chi connectivity index (χ0n) is 11.2. The van der Waals surface area contributed by atoms with E-state index in [1.807, 2.05) is 13.8 Å². The number of alkyl halides is 1. The van der Waals surface area contributed by atoms with Gasteiger partial charge < -0.3 is 0 Å². The van der Waals surface area contributed by atoms with Crippen molar-refractivity contribution in [3.05, 3.63) is 27.7 Å². The van der Waals surface area contributed by atoms with Crippen molar-refractivity contribution in [3.63, 3.8) is 0 Å². The Labute approximate surface area is 134 Å². The minimum absolute atomic E-state index is 0.0267. The van der Waals surface area contributed by atoms with E-state index in [2.05, 4.69) is 0 Å². The molecule has 0 aliphatic carbocycles. The summed E-state index contributed by atoms with van der Waals surface area (Å²) in [5.74, 6) is 0.489. The molecule has 0 aromatic heterocycles. The van der Waals surface area contributed by atoms with Crippen LogP contribution in [0.3, 0.4) is 0 Å². The molecule has 1 aromatic rings. The van der Waals surface area contributed by atoms with Crippen LogP contribution in [0.5, 0.6) is 0 Å². The molecule has 2 rings (SSSR count). The first-order valence-electron chi connectivity index (χ1n) is 6.33. The first-order valence-corrected chi connectivity index (χ1v) is 9.06. The van der Waals surface area contributed by atoms with Crippen molar-refractivity contribution in [3.8, 4) is 0 Å². The molecule has 7 heteroatoms. The standard InChI is InChI=1S/C13H16Cl3NO2S/c1-8-3-9(2)17(7-8)20(18,19)13-4-10(6-14)11(15)5-12(13)16/h4-5,8-9H,3,6-7H2,1-2H3. The molecule has 1 aromatic carbocycles. The van der Waals surface area contributed by atoms with Crippen molar-refractivity contribution in [1.29, 1.82) is 0 Å². The average Bonchev–Trinajstić information content (AvgIpc) is 2.69. The molecule has 2 atom stereocenters. The van der Waals surface area contributed by atoms with Gasteiger partial charge in [-0.05, 0) is 37.0 Å². The van der Waals surface area contributed by atoms with Gasteiger partial charge in [-0.3, -0.25) is 0 Å². The first-order chi connectivity index (χ1) is 9.27. The zero-order chi connectivity index (χ0) is 15.1. The number of hydrogen-bond donors (Lipinski definition) is 0. The highest BCUT2D eigenvalue weighted by Gasteiger charge is 2.37. The molecule has 20 heavy (non-hydrogen) atoms. The maximum Gasteiger partial charge on any atom is 0.244 e. The molecule has 1 aliphatic rings. The van der Waals surface area contributed by atoms with Gasteiger partial charge in [0.15, 0.2) is 0 Å². The molecule has 1 fully saturated rings. The minimum atomic E-state index is -3.62. The molecule has 0 radical (unpaired) electrons. The van der Waals surface area contributed by atoms with Gasteiger partial charge >= 0.3 is 0 Å². The number of halogens is 3. The van der Waals surface area contributed by atoms with E-state index in [0.29, 0.717) is 23.0 Å². The van der Waals surface area contributed by atoms with Gasteiger partial charge in [-0.2, -0.15) is 4.31 Å². The lowest BCUT2D eigenvalue weighted by Gasteiger charge is -2.22. The van der Waals surface area contributed by atoms with Crippen molar-refractivity contribution in [1.82, 2.24) is 4.31 Å². The van der Waals surface area contributed by atoms with Gasteiger partial charge in [0, 0.05) is 23.5 Å². The van der Waals surface area contributed by atoms with E-state index in [1.165, 1.54) is 16.4 Å². The maximum absolute atomic E-state index is 12.7. The fraction of sp³-hybridized carbons (Fsp3) is 0.538. The van der Waals surface area contributed by atoms with Gasteiger partial charge in [-0.15, -0.1) is 11.6 Å². The highest BCUT2D eigenvalue weighted by Crippen LogP contribution is 2.35. The van der Waals surface area contributed by atoms with Crippen LogP contribution >= 0.6 is 34.8 Å². The van der Waals surface area contributed by atoms with Gasteiger partial charge in [-0.25, -0.2) is 8.42 Å². The van der Waals surface area contributed by atoms with Gasteiger partial charge in [0.2, 0.25) is 10.0 Å². The monoisotopic (exact) mass is 355 g/mol. The summed E-state index contributed by atoms with van der Waals surface area (Å²) < 4.78 is 27.0. The molecule has 0 spiro atoms. The van der Waals surface area contributed by atoms with E-state index in [0.717, 1.165) is 6.42 Å². The SMILES string of the molecule is CC1CC(C)N(S(=O)(=O)c2cc(CCl)c(Cl)cc2Cl)C1. The van der Waals surface area contributed by atoms with Gasteiger partial charge in [0.05, 0.1) is 5.02 Å². The Hall–Kier alpha value is -0.000000000000000111. The molecule has 3 nitrogen and oxygen atoms in total. The third-order valence-corrected chi connectivity index (χ3v) is 6.64. The van der Waals surface area contributed by atoms with E-state index in [-0.39, 0.29) is 21.8 Å². The van der Waals surface area contributed by atoms with Crippen LogP contribution < -0.4 is 0 Å². The molecule has 2 unspecified atom stereocenters. The van der Waals surface area contributed by atoms with Crippen molar-refractivity contribution in [2.75, 3.05) is 6.54 Å². The normalized spacial score (nSPS) is 24.2. The third-order valence-electron chi connectivity index (χ3n) is 3.56. The molecule has 0 saturated carbocycles. The number of benzene rings is 1. The van der Waals surface area contributed by atoms with Crippen LogP contribution in [-0.2, 0) is 15.9 Å². The molecule has 0 N–H and O–H groups in total.